The summed E-state index contributed by atoms with van der Waals surface area (Å²) in [5.41, 5.74) is 11.3. The third-order valence-corrected chi connectivity index (χ3v) is 1.29. The van der Waals surface area contributed by atoms with Crippen LogP contribution in [0.15, 0.2) is 41.3 Å². The van der Waals surface area contributed by atoms with Gasteiger partial charge in [0.15, 0.2) is 0 Å². The van der Waals surface area contributed by atoms with Gasteiger partial charge in [0.05, 0.1) is 0 Å². The molecule has 0 radical (unpaired) electrons. The molecule has 0 bridgehead atoms. The fourth-order valence-electron chi connectivity index (χ4n) is 0.421. The maximum atomic E-state index is 5.41. The zero-order valence-electron chi connectivity index (χ0n) is 7.44. The van der Waals surface area contributed by atoms with E-state index in [0.29, 0.717) is 0 Å². The van der Waals surface area contributed by atoms with Crippen LogP contribution in [-0.2, 0) is 0 Å². The highest BCUT2D eigenvalue weighted by atomic mass is 14.5. The highest BCUT2D eigenvalue weighted by Crippen LogP contribution is 2.01. The Bertz CT molecular complexity index is 234. The first kappa shape index (κ1) is 9.80. The van der Waals surface area contributed by atoms with Crippen LogP contribution in [0.3, 0.4) is 0 Å². The molecule has 0 amide bonds. The molecule has 1 heteroatoms. The molecule has 0 aromatic rings. The Balaban J connectivity index is 4.42. The van der Waals surface area contributed by atoms with Crippen molar-refractivity contribution < 1.29 is 0 Å². The molecule has 0 rings (SSSR count). The van der Waals surface area contributed by atoms with Gasteiger partial charge in [0, 0.05) is 5.70 Å². The summed E-state index contributed by atoms with van der Waals surface area (Å²) in [6.45, 7) is 9.55. The van der Waals surface area contributed by atoms with Crippen LogP contribution >= 0.6 is 0 Å². The highest BCUT2D eigenvalue weighted by Gasteiger charge is 1.82. The first-order valence-corrected chi connectivity index (χ1v) is 3.55. The molecule has 0 fully saturated rings. The van der Waals surface area contributed by atoms with Crippen molar-refractivity contribution in [3.8, 4) is 0 Å². The zero-order chi connectivity index (χ0) is 8.85. The van der Waals surface area contributed by atoms with Gasteiger partial charge < -0.3 is 5.73 Å². The van der Waals surface area contributed by atoms with Crippen LogP contribution in [0.4, 0.5) is 0 Å². The lowest BCUT2D eigenvalue weighted by molar-refractivity contribution is 1.31. The van der Waals surface area contributed by atoms with E-state index in [2.05, 4.69) is 12.3 Å². The molecule has 2 N–H and O–H groups in total. The molecular weight excluding hydrogens is 134 g/mol. The van der Waals surface area contributed by atoms with Gasteiger partial charge in [-0.3, -0.25) is 0 Å². The topological polar surface area (TPSA) is 26.0 Å². The molecule has 0 unspecified atom stereocenters. The molecule has 60 valence electrons. The molecule has 0 aromatic heterocycles. The van der Waals surface area contributed by atoms with E-state index in [1.807, 2.05) is 26.8 Å². The number of hydrogen-bond acceptors (Lipinski definition) is 1. The van der Waals surface area contributed by atoms with E-state index < -0.39 is 0 Å². The van der Waals surface area contributed by atoms with Crippen LogP contribution < -0.4 is 5.73 Å². The van der Waals surface area contributed by atoms with E-state index in [1.165, 1.54) is 0 Å². The van der Waals surface area contributed by atoms with Crippen molar-refractivity contribution in [1.82, 2.24) is 0 Å². The Morgan fingerprint density at radius 2 is 1.91 bits per heavy atom. The lowest BCUT2D eigenvalue weighted by Crippen LogP contribution is -1.87. The van der Waals surface area contributed by atoms with Crippen molar-refractivity contribution >= 4 is 0 Å². The van der Waals surface area contributed by atoms with Crippen molar-refractivity contribution in [2.75, 3.05) is 0 Å². The smallest absolute Gasteiger partial charge is 0.00550 e. The standard InChI is InChI=1S/C10H15N/c1-8(2)9(3)6-5-7-10(4)11/h5,7H,1,11H2,2-4H3/b10-7+. The lowest BCUT2D eigenvalue weighted by atomic mass is 10.2. The molecule has 0 spiro atoms. The molecule has 0 saturated carbocycles. The Hall–Kier alpha value is -1.20. The van der Waals surface area contributed by atoms with E-state index in [9.17, 15) is 0 Å². The fraction of sp³-hybridized carbons (Fsp3) is 0.300. The number of nitrogens with two attached hydrogens (primary N) is 1. The minimum absolute atomic E-state index is 0.784. The van der Waals surface area contributed by atoms with Gasteiger partial charge in [-0.05, 0) is 44.1 Å². The summed E-state index contributed by atoms with van der Waals surface area (Å²) in [6.07, 6.45) is 3.62. The summed E-state index contributed by atoms with van der Waals surface area (Å²) in [4.78, 5) is 0. The van der Waals surface area contributed by atoms with Crippen LogP contribution in [-0.4, -0.2) is 0 Å². The Morgan fingerprint density at radius 1 is 1.36 bits per heavy atom. The minimum atomic E-state index is 0.784. The van der Waals surface area contributed by atoms with Gasteiger partial charge in [-0.1, -0.05) is 6.58 Å². The maximum absolute atomic E-state index is 5.41. The molecule has 0 heterocycles. The van der Waals surface area contributed by atoms with E-state index in [4.69, 9.17) is 5.73 Å². The highest BCUT2D eigenvalue weighted by molar-refractivity contribution is 5.24. The zero-order valence-corrected chi connectivity index (χ0v) is 7.44. The Kier molecular flexibility index (Phi) is 4.09. The number of allylic oxidation sites excluding steroid dienone is 4. The Labute approximate surface area is 68.6 Å². The van der Waals surface area contributed by atoms with Gasteiger partial charge in [0.25, 0.3) is 0 Å². The second-order valence-electron chi connectivity index (χ2n) is 2.63. The van der Waals surface area contributed by atoms with E-state index >= 15 is 0 Å². The Morgan fingerprint density at radius 3 is 2.27 bits per heavy atom. The van der Waals surface area contributed by atoms with Gasteiger partial charge in [0.1, 0.15) is 0 Å². The predicted octanol–water partition coefficient (Wildman–Crippen LogP) is 2.53. The molecule has 0 saturated heterocycles. The molecule has 0 aliphatic carbocycles. The van der Waals surface area contributed by atoms with Crippen LogP contribution in [0, 0.1) is 0 Å². The van der Waals surface area contributed by atoms with Crippen LogP contribution in [0.2, 0.25) is 0 Å². The largest absolute Gasteiger partial charge is 0.402 e. The summed E-state index contributed by atoms with van der Waals surface area (Å²) in [6, 6.07) is 0. The van der Waals surface area contributed by atoms with Crippen molar-refractivity contribution in [2.45, 2.75) is 20.8 Å². The average molecular weight is 149 g/mol. The first-order chi connectivity index (χ1) is 5.04. The average Bonchev–Trinajstić information content (AvgIpc) is 1.86. The monoisotopic (exact) mass is 149 g/mol. The molecular formula is C10H15N. The van der Waals surface area contributed by atoms with E-state index in [1.54, 1.807) is 6.08 Å². The van der Waals surface area contributed by atoms with E-state index in [0.717, 1.165) is 16.8 Å². The molecule has 0 aliphatic rings. The summed E-state index contributed by atoms with van der Waals surface area (Å²) in [5, 5.41) is 0. The minimum Gasteiger partial charge on any atom is -0.402 e. The summed E-state index contributed by atoms with van der Waals surface area (Å²) < 4.78 is 0. The third kappa shape index (κ3) is 5.25. The summed E-state index contributed by atoms with van der Waals surface area (Å²) in [7, 11) is 0. The van der Waals surface area contributed by atoms with Crippen LogP contribution in [0.5, 0.6) is 0 Å². The molecule has 11 heavy (non-hydrogen) atoms. The van der Waals surface area contributed by atoms with Crippen LogP contribution in [0.1, 0.15) is 20.8 Å². The third-order valence-electron chi connectivity index (χ3n) is 1.29. The number of hydrogen-bond donors (Lipinski definition) is 1. The molecule has 0 atom stereocenters. The fourth-order valence-corrected chi connectivity index (χ4v) is 0.421. The number of rotatable bonds is 2. The molecule has 0 aliphatic heterocycles. The van der Waals surface area contributed by atoms with Crippen LogP contribution in [0.25, 0.3) is 0 Å². The SMILES string of the molecule is C=C(C)C(C)=C=C/C=C(\C)N. The van der Waals surface area contributed by atoms with Gasteiger partial charge in [0.2, 0.25) is 0 Å². The van der Waals surface area contributed by atoms with Gasteiger partial charge in [-0.25, -0.2) is 0 Å². The lowest BCUT2D eigenvalue weighted by Gasteiger charge is -1.90. The van der Waals surface area contributed by atoms with Gasteiger partial charge in [-0.15, -0.1) is 5.73 Å². The van der Waals surface area contributed by atoms with Gasteiger partial charge >= 0.3 is 0 Å². The maximum Gasteiger partial charge on any atom is 0.00550 e. The summed E-state index contributed by atoms with van der Waals surface area (Å²) in [5.74, 6) is 0. The predicted molar refractivity (Wildman–Crippen MR) is 50.0 cm³/mol. The van der Waals surface area contributed by atoms with Crippen molar-refractivity contribution in [3.63, 3.8) is 0 Å². The molecule has 1 nitrogen and oxygen atoms in total. The second-order valence-corrected chi connectivity index (χ2v) is 2.63. The quantitative estimate of drug-likeness (QED) is 0.474. The van der Waals surface area contributed by atoms with Crippen molar-refractivity contribution in [1.29, 1.82) is 0 Å². The van der Waals surface area contributed by atoms with E-state index in [-0.39, 0.29) is 0 Å². The van der Waals surface area contributed by atoms with Gasteiger partial charge in [-0.2, -0.15) is 0 Å². The first-order valence-electron chi connectivity index (χ1n) is 3.55. The van der Waals surface area contributed by atoms with Crippen molar-refractivity contribution in [2.24, 2.45) is 5.73 Å². The second kappa shape index (κ2) is 4.59. The normalized spacial score (nSPS) is 10.3. The van der Waals surface area contributed by atoms with Crippen molar-refractivity contribution in [3.05, 3.63) is 41.3 Å². The molecule has 0 aromatic carbocycles. The summed E-state index contributed by atoms with van der Waals surface area (Å²) >= 11 is 0.